The fourth-order valence-corrected chi connectivity index (χ4v) is 4.96. The lowest BCUT2D eigenvalue weighted by Crippen LogP contribution is -2.60. The van der Waals surface area contributed by atoms with E-state index < -0.39 is 11.5 Å². The number of benzene rings is 2. The SMILES string of the molecule is COCCN1C(=O)c2ccccc2[C@H](C(=O)Nc2ccccc2O)C12CCCC2. The van der Waals surface area contributed by atoms with Crippen molar-refractivity contribution in [2.75, 3.05) is 25.6 Å². The van der Waals surface area contributed by atoms with Gasteiger partial charge in [0.1, 0.15) is 5.75 Å². The van der Waals surface area contributed by atoms with Crippen molar-refractivity contribution < 1.29 is 19.4 Å². The predicted octanol–water partition coefficient (Wildman–Crippen LogP) is 3.53. The highest BCUT2D eigenvalue weighted by Gasteiger charge is 2.55. The Morgan fingerprint density at radius 2 is 1.86 bits per heavy atom. The van der Waals surface area contributed by atoms with E-state index >= 15 is 0 Å². The number of para-hydroxylation sites is 2. The first-order chi connectivity index (χ1) is 14.1. The molecule has 6 nitrogen and oxygen atoms in total. The minimum absolute atomic E-state index is 0.0257. The zero-order valence-corrected chi connectivity index (χ0v) is 16.6. The Morgan fingerprint density at radius 3 is 2.59 bits per heavy atom. The van der Waals surface area contributed by atoms with E-state index in [0.29, 0.717) is 24.4 Å². The predicted molar refractivity (Wildman–Crippen MR) is 110 cm³/mol. The van der Waals surface area contributed by atoms with Crippen LogP contribution in [0, 0.1) is 0 Å². The molecule has 0 aromatic heterocycles. The van der Waals surface area contributed by atoms with E-state index in [1.807, 2.05) is 23.1 Å². The number of nitrogens with zero attached hydrogens (tertiary/aromatic N) is 1. The van der Waals surface area contributed by atoms with Crippen molar-refractivity contribution in [2.45, 2.75) is 37.1 Å². The van der Waals surface area contributed by atoms with Gasteiger partial charge in [0.25, 0.3) is 5.91 Å². The van der Waals surface area contributed by atoms with Crippen molar-refractivity contribution in [3.63, 3.8) is 0 Å². The summed E-state index contributed by atoms with van der Waals surface area (Å²) in [6.07, 6.45) is 3.49. The second kappa shape index (κ2) is 7.87. The van der Waals surface area contributed by atoms with Crippen LogP contribution in [-0.2, 0) is 9.53 Å². The first-order valence-corrected chi connectivity index (χ1v) is 10.1. The Hall–Kier alpha value is -2.86. The summed E-state index contributed by atoms with van der Waals surface area (Å²) in [5, 5.41) is 13.0. The van der Waals surface area contributed by atoms with Crippen LogP contribution in [0.1, 0.15) is 47.5 Å². The van der Waals surface area contributed by atoms with Crippen LogP contribution < -0.4 is 5.32 Å². The average Bonchev–Trinajstić information content (AvgIpc) is 3.19. The zero-order chi connectivity index (χ0) is 20.4. The lowest BCUT2D eigenvalue weighted by atomic mass is 9.71. The second-order valence-corrected chi connectivity index (χ2v) is 7.79. The van der Waals surface area contributed by atoms with E-state index in [2.05, 4.69) is 5.32 Å². The molecule has 4 rings (SSSR count). The summed E-state index contributed by atoms with van der Waals surface area (Å²) in [6.45, 7) is 0.869. The van der Waals surface area contributed by atoms with E-state index in [1.165, 1.54) is 0 Å². The van der Waals surface area contributed by atoms with Gasteiger partial charge in [-0.15, -0.1) is 0 Å². The number of methoxy groups -OCH3 is 1. The number of carbonyl (C=O) groups is 2. The quantitative estimate of drug-likeness (QED) is 0.761. The molecule has 1 aliphatic carbocycles. The van der Waals surface area contributed by atoms with Gasteiger partial charge in [0.15, 0.2) is 0 Å². The van der Waals surface area contributed by atoms with E-state index in [-0.39, 0.29) is 17.6 Å². The maximum absolute atomic E-state index is 13.6. The maximum Gasteiger partial charge on any atom is 0.254 e. The molecule has 0 radical (unpaired) electrons. The number of nitrogens with one attached hydrogen (secondary N) is 1. The summed E-state index contributed by atoms with van der Waals surface area (Å²) in [6, 6.07) is 14.1. The minimum atomic E-state index is -0.571. The molecule has 0 unspecified atom stereocenters. The molecule has 1 saturated carbocycles. The Morgan fingerprint density at radius 1 is 1.17 bits per heavy atom. The number of fused-ring (bicyclic) bond motifs is 1. The van der Waals surface area contributed by atoms with Crippen molar-refractivity contribution in [1.82, 2.24) is 4.90 Å². The molecule has 1 atom stereocenters. The van der Waals surface area contributed by atoms with Gasteiger partial charge in [-0.05, 0) is 36.6 Å². The van der Waals surface area contributed by atoms with Crippen molar-refractivity contribution in [3.05, 3.63) is 59.7 Å². The molecule has 1 aliphatic heterocycles. The van der Waals surface area contributed by atoms with Crippen LogP contribution in [0.15, 0.2) is 48.5 Å². The summed E-state index contributed by atoms with van der Waals surface area (Å²) in [7, 11) is 1.62. The molecule has 1 spiro atoms. The number of aromatic hydroxyl groups is 1. The molecular weight excluding hydrogens is 368 g/mol. The lowest BCUT2D eigenvalue weighted by Gasteiger charge is -2.50. The summed E-state index contributed by atoms with van der Waals surface area (Å²) < 4.78 is 5.26. The number of amides is 2. The molecule has 0 bridgehead atoms. The number of phenolic OH excluding ortho intramolecular Hbond substituents is 1. The van der Waals surface area contributed by atoms with E-state index in [1.54, 1.807) is 37.4 Å². The summed E-state index contributed by atoms with van der Waals surface area (Å²) >= 11 is 0. The van der Waals surface area contributed by atoms with Crippen LogP contribution in [0.5, 0.6) is 5.75 Å². The highest BCUT2D eigenvalue weighted by Crippen LogP contribution is 2.50. The topological polar surface area (TPSA) is 78.9 Å². The third-order valence-corrected chi connectivity index (χ3v) is 6.23. The molecule has 1 heterocycles. The van der Waals surface area contributed by atoms with E-state index in [0.717, 1.165) is 31.2 Å². The number of hydrogen-bond acceptors (Lipinski definition) is 4. The molecule has 2 amide bonds. The fraction of sp³-hybridized carbons (Fsp3) is 0.391. The largest absolute Gasteiger partial charge is 0.506 e. The van der Waals surface area contributed by atoms with Gasteiger partial charge in [-0.25, -0.2) is 0 Å². The number of phenols is 1. The number of ether oxygens (including phenoxy) is 1. The van der Waals surface area contributed by atoms with Crippen molar-refractivity contribution in [3.8, 4) is 5.75 Å². The molecule has 2 aromatic carbocycles. The number of hydrogen-bond donors (Lipinski definition) is 2. The highest BCUT2D eigenvalue weighted by molar-refractivity contribution is 6.05. The Labute approximate surface area is 170 Å². The zero-order valence-electron chi connectivity index (χ0n) is 16.6. The summed E-state index contributed by atoms with van der Waals surface area (Å²) in [4.78, 5) is 28.8. The molecule has 2 N–H and O–H groups in total. The minimum Gasteiger partial charge on any atom is -0.506 e. The van der Waals surface area contributed by atoms with Gasteiger partial charge in [0.05, 0.1) is 23.8 Å². The standard InChI is InChI=1S/C23H26N2O4/c1-29-15-14-25-22(28)17-9-3-2-8-16(17)20(23(25)12-6-7-13-23)21(27)24-18-10-4-5-11-19(18)26/h2-5,8-11,20,26H,6-7,12-15H2,1H3,(H,24,27)/t20-/m1/s1. The average molecular weight is 394 g/mol. The first kappa shape index (κ1) is 19.5. The van der Waals surface area contributed by atoms with Crippen LogP contribution in [0.4, 0.5) is 5.69 Å². The van der Waals surface area contributed by atoms with Crippen molar-refractivity contribution in [1.29, 1.82) is 0 Å². The molecule has 2 aliphatic rings. The monoisotopic (exact) mass is 394 g/mol. The Balaban J connectivity index is 1.80. The van der Waals surface area contributed by atoms with Crippen LogP contribution >= 0.6 is 0 Å². The molecule has 2 aromatic rings. The molecular formula is C23H26N2O4. The second-order valence-electron chi connectivity index (χ2n) is 7.79. The van der Waals surface area contributed by atoms with Gasteiger partial charge in [0, 0.05) is 19.2 Å². The number of anilines is 1. The summed E-state index contributed by atoms with van der Waals surface area (Å²) in [5.74, 6) is -0.713. The van der Waals surface area contributed by atoms with E-state index in [4.69, 9.17) is 4.74 Å². The molecule has 1 fully saturated rings. The van der Waals surface area contributed by atoms with Crippen molar-refractivity contribution >= 4 is 17.5 Å². The van der Waals surface area contributed by atoms with Gasteiger partial charge in [-0.2, -0.15) is 0 Å². The van der Waals surface area contributed by atoms with Crippen LogP contribution in [0.25, 0.3) is 0 Å². The van der Waals surface area contributed by atoms with Gasteiger partial charge < -0.3 is 20.1 Å². The number of carbonyl (C=O) groups excluding carboxylic acids is 2. The fourth-order valence-electron chi connectivity index (χ4n) is 4.96. The first-order valence-electron chi connectivity index (χ1n) is 10.1. The van der Waals surface area contributed by atoms with Gasteiger partial charge in [-0.1, -0.05) is 43.2 Å². The Kier molecular flexibility index (Phi) is 5.28. The van der Waals surface area contributed by atoms with Crippen LogP contribution in [-0.4, -0.2) is 47.6 Å². The van der Waals surface area contributed by atoms with Crippen LogP contribution in [0.3, 0.4) is 0 Å². The third-order valence-electron chi connectivity index (χ3n) is 6.23. The molecule has 29 heavy (non-hydrogen) atoms. The third kappa shape index (κ3) is 3.27. The molecule has 0 saturated heterocycles. The maximum atomic E-state index is 13.6. The lowest BCUT2D eigenvalue weighted by molar-refractivity contribution is -0.121. The summed E-state index contributed by atoms with van der Waals surface area (Å²) in [5.41, 5.74) is 1.14. The smallest absolute Gasteiger partial charge is 0.254 e. The van der Waals surface area contributed by atoms with Gasteiger partial charge in [0.2, 0.25) is 5.91 Å². The normalized spacial score (nSPS) is 20.0. The number of rotatable bonds is 5. The van der Waals surface area contributed by atoms with Crippen molar-refractivity contribution in [2.24, 2.45) is 0 Å². The van der Waals surface area contributed by atoms with Gasteiger partial charge >= 0.3 is 0 Å². The van der Waals surface area contributed by atoms with Gasteiger partial charge in [-0.3, -0.25) is 9.59 Å². The molecule has 152 valence electrons. The Bertz CT molecular complexity index is 921. The highest BCUT2D eigenvalue weighted by atomic mass is 16.5. The molecule has 6 heteroatoms. The van der Waals surface area contributed by atoms with E-state index in [9.17, 15) is 14.7 Å². The van der Waals surface area contributed by atoms with Crippen LogP contribution in [0.2, 0.25) is 0 Å².